The molecule has 1 heterocycles. The van der Waals surface area contributed by atoms with E-state index in [2.05, 4.69) is 21.7 Å². The first-order valence-corrected chi connectivity index (χ1v) is 9.83. The van der Waals surface area contributed by atoms with Crippen molar-refractivity contribution in [2.24, 2.45) is 0 Å². The molecule has 0 aromatic heterocycles. The molecule has 162 valence electrons. The van der Waals surface area contributed by atoms with E-state index >= 15 is 0 Å². The zero-order chi connectivity index (χ0) is 22.0. The van der Waals surface area contributed by atoms with E-state index in [1.807, 2.05) is 42.5 Å². The molecule has 1 aliphatic heterocycles. The van der Waals surface area contributed by atoms with E-state index < -0.39 is 6.29 Å². The number of fused-ring (bicyclic) bond motifs is 1. The SMILES string of the molecule is COc1cccc([C@@H](C)NCc2ccc(OC)c(-c3ccc4c(c3)OC(F)(F)O4)c2)c1. The molecule has 0 radical (unpaired) electrons. The molecule has 0 bridgehead atoms. The molecule has 0 fully saturated rings. The van der Waals surface area contributed by atoms with Gasteiger partial charge in [-0.15, -0.1) is 8.78 Å². The van der Waals surface area contributed by atoms with Crippen LogP contribution in [0.4, 0.5) is 8.78 Å². The van der Waals surface area contributed by atoms with Gasteiger partial charge in [0.25, 0.3) is 0 Å². The number of methoxy groups -OCH3 is 2. The van der Waals surface area contributed by atoms with Crippen molar-refractivity contribution in [3.8, 4) is 34.1 Å². The Kier molecular flexibility index (Phi) is 5.69. The minimum absolute atomic E-state index is 0.000252. The predicted molar refractivity (Wildman–Crippen MR) is 113 cm³/mol. The lowest BCUT2D eigenvalue weighted by molar-refractivity contribution is -0.286. The predicted octanol–water partition coefficient (Wildman–Crippen LogP) is 5.54. The molecule has 4 rings (SSSR count). The van der Waals surface area contributed by atoms with Crippen molar-refractivity contribution in [3.05, 3.63) is 71.8 Å². The minimum Gasteiger partial charge on any atom is -0.497 e. The van der Waals surface area contributed by atoms with Crippen LogP contribution in [0.5, 0.6) is 23.0 Å². The second-order valence-corrected chi connectivity index (χ2v) is 7.24. The normalized spacial score (nSPS) is 14.9. The van der Waals surface area contributed by atoms with Crippen molar-refractivity contribution in [2.75, 3.05) is 14.2 Å². The summed E-state index contributed by atoms with van der Waals surface area (Å²) in [5.41, 5.74) is 3.61. The Balaban J connectivity index is 1.54. The zero-order valence-electron chi connectivity index (χ0n) is 17.4. The average Bonchev–Trinajstić information content (AvgIpc) is 3.10. The molecule has 3 aromatic rings. The molecule has 0 saturated heterocycles. The van der Waals surface area contributed by atoms with E-state index in [-0.39, 0.29) is 17.5 Å². The van der Waals surface area contributed by atoms with Crippen LogP contribution in [0.1, 0.15) is 24.1 Å². The highest BCUT2D eigenvalue weighted by molar-refractivity contribution is 5.73. The van der Waals surface area contributed by atoms with Gasteiger partial charge in [0.05, 0.1) is 14.2 Å². The first-order chi connectivity index (χ1) is 14.9. The molecule has 0 aliphatic carbocycles. The lowest BCUT2D eigenvalue weighted by Gasteiger charge is -2.16. The van der Waals surface area contributed by atoms with Gasteiger partial charge in [-0.1, -0.05) is 24.3 Å². The van der Waals surface area contributed by atoms with E-state index in [1.165, 1.54) is 12.1 Å². The van der Waals surface area contributed by atoms with Gasteiger partial charge in [-0.05, 0) is 60.0 Å². The summed E-state index contributed by atoms with van der Waals surface area (Å²) in [6.07, 6.45) is -3.65. The van der Waals surface area contributed by atoms with Crippen LogP contribution in [0.3, 0.4) is 0 Å². The number of benzene rings is 3. The molecule has 0 unspecified atom stereocenters. The van der Waals surface area contributed by atoms with Crippen LogP contribution < -0.4 is 24.3 Å². The molecule has 0 spiro atoms. The van der Waals surface area contributed by atoms with Gasteiger partial charge in [0.15, 0.2) is 11.5 Å². The Morgan fingerprint density at radius 3 is 2.52 bits per heavy atom. The number of hydrogen-bond acceptors (Lipinski definition) is 5. The topological polar surface area (TPSA) is 49.0 Å². The van der Waals surface area contributed by atoms with Crippen molar-refractivity contribution < 1.29 is 27.7 Å². The second kappa shape index (κ2) is 8.43. The lowest BCUT2D eigenvalue weighted by atomic mass is 10.0. The van der Waals surface area contributed by atoms with Crippen LogP contribution in [0.2, 0.25) is 0 Å². The summed E-state index contributed by atoms with van der Waals surface area (Å²) in [6.45, 7) is 2.69. The summed E-state index contributed by atoms with van der Waals surface area (Å²) in [6, 6.07) is 18.5. The summed E-state index contributed by atoms with van der Waals surface area (Å²) in [5.74, 6) is 1.46. The van der Waals surface area contributed by atoms with Crippen LogP contribution in [-0.4, -0.2) is 20.5 Å². The summed E-state index contributed by atoms with van der Waals surface area (Å²) in [7, 11) is 3.22. The highest BCUT2D eigenvalue weighted by Gasteiger charge is 2.43. The van der Waals surface area contributed by atoms with Crippen molar-refractivity contribution in [1.29, 1.82) is 0 Å². The van der Waals surface area contributed by atoms with Gasteiger partial charge in [0, 0.05) is 18.2 Å². The first-order valence-electron chi connectivity index (χ1n) is 9.83. The highest BCUT2D eigenvalue weighted by atomic mass is 19.3. The standard InChI is InChI=1S/C24H23F2NO4/c1-15(17-5-4-6-19(12-17)28-2)27-14-16-7-9-21(29-3)20(11-16)18-8-10-22-23(13-18)31-24(25,26)30-22/h4-13,15,27H,14H2,1-3H3/t15-/m1/s1. The van der Waals surface area contributed by atoms with Crippen molar-refractivity contribution in [3.63, 3.8) is 0 Å². The van der Waals surface area contributed by atoms with E-state index in [1.54, 1.807) is 20.3 Å². The highest BCUT2D eigenvalue weighted by Crippen LogP contribution is 2.44. The third-order valence-corrected chi connectivity index (χ3v) is 5.18. The number of alkyl halides is 2. The Hall–Kier alpha value is -3.32. The van der Waals surface area contributed by atoms with Gasteiger partial charge in [-0.25, -0.2) is 0 Å². The summed E-state index contributed by atoms with van der Waals surface area (Å²) < 4.78 is 46.6. The lowest BCUT2D eigenvalue weighted by Crippen LogP contribution is -2.25. The maximum absolute atomic E-state index is 13.4. The maximum Gasteiger partial charge on any atom is 0.586 e. The number of hydrogen-bond donors (Lipinski definition) is 1. The first kappa shape index (κ1) is 20.9. The summed E-state index contributed by atoms with van der Waals surface area (Å²) in [5, 5.41) is 3.49. The Labute approximate surface area is 179 Å². The molecular formula is C24H23F2NO4. The molecule has 0 amide bonds. The summed E-state index contributed by atoms with van der Waals surface area (Å²) in [4.78, 5) is 0. The van der Waals surface area contributed by atoms with Gasteiger partial charge in [-0.2, -0.15) is 0 Å². The van der Waals surface area contributed by atoms with E-state index in [9.17, 15) is 8.78 Å². The van der Waals surface area contributed by atoms with E-state index in [0.29, 0.717) is 17.9 Å². The molecule has 7 heteroatoms. The fourth-order valence-corrected chi connectivity index (χ4v) is 3.51. The molecule has 31 heavy (non-hydrogen) atoms. The van der Waals surface area contributed by atoms with Gasteiger partial charge in [0.1, 0.15) is 11.5 Å². The number of ether oxygens (including phenoxy) is 4. The van der Waals surface area contributed by atoms with Crippen LogP contribution in [0.25, 0.3) is 11.1 Å². The Bertz CT molecular complexity index is 1090. The number of nitrogens with one attached hydrogen (secondary N) is 1. The largest absolute Gasteiger partial charge is 0.586 e. The third-order valence-electron chi connectivity index (χ3n) is 5.18. The maximum atomic E-state index is 13.4. The van der Waals surface area contributed by atoms with E-state index in [0.717, 1.165) is 22.4 Å². The molecule has 0 saturated carbocycles. The van der Waals surface area contributed by atoms with Crippen LogP contribution in [0, 0.1) is 0 Å². The van der Waals surface area contributed by atoms with Crippen LogP contribution in [-0.2, 0) is 6.54 Å². The molecule has 1 aliphatic rings. The smallest absolute Gasteiger partial charge is 0.497 e. The Morgan fingerprint density at radius 1 is 0.935 bits per heavy atom. The van der Waals surface area contributed by atoms with Gasteiger partial charge in [0.2, 0.25) is 0 Å². The third kappa shape index (κ3) is 4.56. The van der Waals surface area contributed by atoms with E-state index in [4.69, 9.17) is 9.47 Å². The molecule has 1 N–H and O–H groups in total. The molecule has 3 aromatic carbocycles. The minimum atomic E-state index is -3.65. The van der Waals surface area contributed by atoms with Gasteiger partial charge < -0.3 is 24.3 Å². The number of halogens is 2. The van der Waals surface area contributed by atoms with Gasteiger partial charge >= 0.3 is 6.29 Å². The fraction of sp³-hybridized carbons (Fsp3) is 0.250. The number of rotatable bonds is 7. The summed E-state index contributed by atoms with van der Waals surface area (Å²) >= 11 is 0. The van der Waals surface area contributed by atoms with Crippen LogP contribution in [0.15, 0.2) is 60.7 Å². The average molecular weight is 427 g/mol. The molecular weight excluding hydrogens is 404 g/mol. The van der Waals surface area contributed by atoms with Crippen LogP contribution >= 0.6 is 0 Å². The fourth-order valence-electron chi connectivity index (χ4n) is 3.51. The molecule has 5 nitrogen and oxygen atoms in total. The van der Waals surface area contributed by atoms with Gasteiger partial charge in [-0.3, -0.25) is 0 Å². The monoisotopic (exact) mass is 427 g/mol. The molecule has 1 atom stereocenters. The quantitative estimate of drug-likeness (QED) is 0.536. The zero-order valence-corrected chi connectivity index (χ0v) is 17.4. The van der Waals surface area contributed by atoms with Crippen molar-refractivity contribution in [2.45, 2.75) is 25.8 Å². The Morgan fingerprint density at radius 2 is 1.74 bits per heavy atom. The van der Waals surface area contributed by atoms with Crippen molar-refractivity contribution >= 4 is 0 Å². The second-order valence-electron chi connectivity index (χ2n) is 7.24. The van der Waals surface area contributed by atoms with Crippen molar-refractivity contribution in [1.82, 2.24) is 5.32 Å².